The molecule has 0 spiro atoms. The van der Waals surface area contributed by atoms with Gasteiger partial charge in [0, 0.05) is 6.61 Å². The number of nitrogens with one attached hydrogen (secondary N) is 1. The summed E-state index contributed by atoms with van der Waals surface area (Å²) in [5.41, 5.74) is 0.887. The van der Waals surface area contributed by atoms with E-state index in [1.165, 1.54) is 24.4 Å². The van der Waals surface area contributed by atoms with Gasteiger partial charge in [0.1, 0.15) is 10.6 Å². The van der Waals surface area contributed by atoms with Crippen LogP contribution < -0.4 is 5.32 Å². The average Bonchev–Trinajstić information content (AvgIpc) is 2.95. The Kier molecular flexibility index (Phi) is 2.99. The van der Waals surface area contributed by atoms with E-state index in [1.807, 2.05) is 0 Å². The van der Waals surface area contributed by atoms with Gasteiger partial charge in [-0.3, -0.25) is 0 Å². The van der Waals surface area contributed by atoms with Crippen LogP contribution in [0, 0.1) is 12.8 Å². The molecule has 2 fully saturated rings. The van der Waals surface area contributed by atoms with E-state index in [0.29, 0.717) is 22.2 Å². The summed E-state index contributed by atoms with van der Waals surface area (Å²) in [6.45, 7) is 2.49. The van der Waals surface area contributed by atoms with E-state index in [2.05, 4.69) is 9.69 Å². The number of hydrogen-bond donors (Lipinski definition) is 2. The number of carbonyl (C=O) groups is 1. The van der Waals surface area contributed by atoms with Crippen molar-refractivity contribution in [1.29, 1.82) is 0 Å². The van der Waals surface area contributed by atoms with Crippen molar-refractivity contribution in [2.75, 3.05) is 11.9 Å². The molecule has 2 unspecified atom stereocenters. The molecule has 3 rings (SSSR count). The van der Waals surface area contributed by atoms with E-state index in [0.717, 1.165) is 13.0 Å². The molecule has 1 aromatic rings. The summed E-state index contributed by atoms with van der Waals surface area (Å²) in [4.78, 5) is 11.2. The van der Waals surface area contributed by atoms with Gasteiger partial charge in [-0.25, -0.2) is 4.79 Å². The molecule has 6 heteroatoms. The first kappa shape index (κ1) is 11.9. The topological polar surface area (TPSA) is 71.5 Å². The molecule has 1 aromatic heterocycles. The van der Waals surface area contributed by atoms with Gasteiger partial charge in [-0.1, -0.05) is 0 Å². The highest BCUT2D eigenvalue weighted by atomic mass is 32.1. The van der Waals surface area contributed by atoms with Crippen LogP contribution in [-0.2, 0) is 4.74 Å². The number of carboxylic acids is 1. The van der Waals surface area contributed by atoms with E-state index in [1.54, 1.807) is 6.92 Å². The second kappa shape index (κ2) is 4.51. The third-order valence-electron chi connectivity index (χ3n) is 3.62. The van der Waals surface area contributed by atoms with Crippen molar-refractivity contribution < 1.29 is 14.6 Å². The number of aromatic nitrogens is 1. The molecule has 5 nitrogen and oxygen atoms in total. The molecule has 18 heavy (non-hydrogen) atoms. The molecule has 1 aliphatic heterocycles. The van der Waals surface area contributed by atoms with Gasteiger partial charge in [0.05, 0.1) is 17.8 Å². The lowest BCUT2D eigenvalue weighted by molar-refractivity contribution is 0.0696. The van der Waals surface area contributed by atoms with Crippen LogP contribution in [0.1, 0.15) is 35.3 Å². The molecule has 2 heterocycles. The molecule has 0 aromatic carbocycles. The highest BCUT2D eigenvalue weighted by Crippen LogP contribution is 2.40. The van der Waals surface area contributed by atoms with Gasteiger partial charge in [-0.05, 0) is 43.6 Å². The smallest absolute Gasteiger partial charge is 0.340 e. The number of rotatable bonds is 4. The minimum atomic E-state index is -0.911. The summed E-state index contributed by atoms with van der Waals surface area (Å²) in [6.07, 6.45) is 3.65. The van der Waals surface area contributed by atoms with Crippen molar-refractivity contribution in [3.63, 3.8) is 0 Å². The van der Waals surface area contributed by atoms with Crippen LogP contribution >= 0.6 is 11.5 Å². The van der Waals surface area contributed by atoms with Gasteiger partial charge >= 0.3 is 5.97 Å². The van der Waals surface area contributed by atoms with E-state index in [9.17, 15) is 9.90 Å². The minimum Gasteiger partial charge on any atom is -0.478 e. The van der Waals surface area contributed by atoms with Gasteiger partial charge in [0.15, 0.2) is 0 Å². The van der Waals surface area contributed by atoms with Gasteiger partial charge in [-0.2, -0.15) is 4.37 Å². The Balaban J connectivity index is 1.77. The fraction of sp³-hybridized carbons (Fsp3) is 0.667. The number of aryl methyl sites for hydroxylation is 1. The third kappa shape index (κ3) is 2.10. The predicted octanol–water partition coefficient (Wildman–Crippen LogP) is 2.13. The molecular weight excluding hydrogens is 252 g/mol. The van der Waals surface area contributed by atoms with Crippen LogP contribution in [0.5, 0.6) is 0 Å². The maximum absolute atomic E-state index is 11.2. The van der Waals surface area contributed by atoms with Gasteiger partial charge in [0.2, 0.25) is 0 Å². The van der Waals surface area contributed by atoms with Crippen LogP contribution in [0.3, 0.4) is 0 Å². The first-order valence-electron chi connectivity index (χ1n) is 6.24. The minimum absolute atomic E-state index is 0.232. The molecule has 0 radical (unpaired) electrons. The van der Waals surface area contributed by atoms with Crippen molar-refractivity contribution in [3.8, 4) is 0 Å². The maximum Gasteiger partial charge on any atom is 0.340 e. The van der Waals surface area contributed by atoms with Crippen molar-refractivity contribution >= 4 is 22.5 Å². The second-order valence-corrected chi connectivity index (χ2v) is 5.76. The summed E-state index contributed by atoms with van der Waals surface area (Å²) in [7, 11) is 0. The van der Waals surface area contributed by atoms with Crippen molar-refractivity contribution in [1.82, 2.24) is 4.37 Å². The average molecular weight is 268 g/mol. The lowest BCUT2D eigenvalue weighted by Crippen LogP contribution is -2.31. The maximum atomic E-state index is 11.2. The van der Waals surface area contributed by atoms with Crippen LogP contribution in [0.2, 0.25) is 0 Å². The summed E-state index contributed by atoms with van der Waals surface area (Å²) in [5, 5.41) is 13.2. The van der Waals surface area contributed by atoms with Crippen molar-refractivity contribution in [3.05, 3.63) is 11.3 Å². The summed E-state index contributed by atoms with van der Waals surface area (Å²) in [6, 6.07) is 0.232. The Morgan fingerprint density at radius 3 is 2.94 bits per heavy atom. The molecule has 98 valence electrons. The second-order valence-electron chi connectivity index (χ2n) is 4.99. The lowest BCUT2D eigenvalue weighted by atomic mass is 10.1. The quantitative estimate of drug-likeness (QED) is 0.875. The monoisotopic (exact) mass is 268 g/mol. The predicted molar refractivity (Wildman–Crippen MR) is 68.3 cm³/mol. The molecule has 1 aliphatic carbocycles. The van der Waals surface area contributed by atoms with E-state index >= 15 is 0 Å². The molecule has 2 N–H and O–H groups in total. The van der Waals surface area contributed by atoms with Gasteiger partial charge < -0.3 is 15.2 Å². The third-order valence-corrected chi connectivity index (χ3v) is 4.49. The summed E-state index contributed by atoms with van der Waals surface area (Å²) in [5.74, 6) is -0.252. The number of ether oxygens (including phenoxy) is 1. The SMILES string of the molecule is Cc1nsc(NC2CCOC2C2CC2)c1C(=O)O. The van der Waals surface area contributed by atoms with Crippen LogP contribution in [-0.4, -0.2) is 34.2 Å². The summed E-state index contributed by atoms with van der Waals surface area (Å²) >= 11 is 1.23. The van der Waals surface area contributed by atoms with E-state index in [4.69, 9.17) is 4.74 Å². The van der Waals surface area contributed by atoms with Gasteiger partial charge in [-0.15, -0.1) is 0 Å². The standard InChI is InChI=1S/C12H16N2O3S/c1-6-9(12(15)16)11(18-14-6)13-8-4-5-17-10(8)7-2-3-7/h7-8,10,13H,2-5H2,1H3,(H,15,16). The zero-order chi connectivity index (χ0) is 12.7. The fourth-order valence-electron chi connectivity index (χ4n) is 2.54. The van der Waals surface area contributed by atoms with Crippen molar-refractivity contribution in [2.45, 2.75) is 38.3 Å². The fourth-order valence-corrected chi connectivity index (χ4v) is 3.39. The Morgan fingerprint density at radius 1 is 1.50 bits per heavy atom. The highest BCUT2D eigenvalue weighted by Gasteiger charge is 2.41. The highest BCUT2D eigenvalue weighted by molar-refractivity contribution is 7.10. The van der Waals surface area contributed by atoms with E-state index in [-0.39, 0.29) is 12.1 Å². The number of carboxylic acid groups (broad SMARTS) is 1. The molecule has 1 saturated carbocycles. The van der Waals surface area contributed by atoms with E-state index < -0.39 is 5.97 Å². The Bertz CT molecular complexity index is 470. The number of nitrogens with zero attached hydrogens (tertiary/aromatic N) is 1. The largest absolute Gasteiger partial charge is 0.478 e. The number of hydrogen-bond acceptors (Lipinski definition) is 5. The van der Waals surface area contributed by atoms with Crippen LogP contribution in [0.25, 0.3) is 0 Å². The van der Waals surface area contributed by atoms with Crippen LogP contribution in [0.4, 0.5) is 5.00 Å². The Morgan fingerprint density at radius 2 is 2.28 bits per heavy atom. The zero-order valence-corrected chi connectivity index (χ0v) is 11.0. The van der Waals surface area contributed by atoms with Crippen molar-refractivity contribution in [2.24, 2.45) is 5.92 Å². The Labute approximate surface area is 109 Å². The summed E-state index contributed by atoms with van der Waals surface area (Å²) < 4.78 is 9.87. The molecule has 0 amide bonds. The number of anilines is 1. The molecule has 1 saturated heterocycles. The molecule has 2 atom stereocenters. The lowest BCUT2D eigenvalue weighted by Gasteiger charge is -2.19. The first-order chi connectivity index (χ1) is 8.66. The zero-order valence-electron chi connectivity index (χ0n) is 10.2. The van der Waals surface area contributed by atoms with Crippen LogP contribution in [0.15, 0.2) is 0 Å². The first-order valence-corrected chi connectivity index (χ1v) is 7.02. The Hall–Kier alpha value is -1.14. The molecule has 0 bridgehead atoms. The normalized spacial score (nSPS) is 27.4. The van der Waals surface area contributed by atoms with Gasteiger partial charge in [0.25, 0.3) is 0 Å². The number of aromatic carboxylic acids is 1. The molecule has 2 aliphatic rings. The molecular formula is C12H16N2O3S.